The molecule has 30 heavy (non-hydrogen) atoms. The van der Waals surface area contributed by atoms with Gasteiger partial charge in [-0.25, -0.2) is 0 Å². The van der Waals surface area contributed by atoms with Crippen molar-refractivity contribution in [3.8, 4) is 17.1 Å². The molecule has 3 aromatic rings. The second kappa shape index (κ2) is 9.91. The summed E-state index contributed by atoms with van der Waals surface area (Å²) in [4.78, 5) is 24.1. The normalized spacial score (nSPS) is 10.2. The molecular weight excluding hydrogens is 426 g/mol. The largest absolute Gasteiger partial charge is 0.484 e. The number of furan rings is 1. The smallest absolute Gasteiger partial charge is 0.293 e. The Hall–Kier alpha value is -3.36. The number of ether oxygens (including phenoxy) is 1. The van der Waals surface area contributed by atoms with Crippen LogP contribution in [-0.2, 0) is 4.79 Å². The predicted octanol–water partition coefficient (Wildman–Crippen LogP) is 3.62. The van der Waals surface area contributed by atoms with Gasteiger partial charge in [-0.2, -0.15) is 0 Å². The van der Waals surface area contributed by atoms with Crippen LogP contribution in [0.5, 0.6) is 5.75 Å². The molecule has 0 atom stereocenters. The van der Waals surface area contributed by atoms with E-state index < -0.39 is 11.8 Å². The van der Waals surface area contributed by atoms with Gasteiger partial charge in [0.15, 0.2) is 17.5 Å². The monoisotopic (exact) mass is 443 g/mol. The van der Waals surface area contributed by atoms with E-state index in [1.54, 1.807) is 42.5 Å². The number of rotatable bonds is 5. The molecule has 0 spiro atoms. The summed E-state index contributed by atoms with van der Waals surface area (Å²) in [5.41, 5.74) is 6.65. The van der Waals surface area contributed by atoms with Gasteiger partial charge in [-0.05, 0) is 67.7 Å². The zero-order valence-electron chi connectivity index (χ0n) is 15.9. The highest BCUT2D eigenvalue weighted by Crippen LogP contribution is 2.23. The maximum absolute atomic E-state index is 12.2. The predicted molar refractivity (Wildman–Crippen MR) is 117 cm³/mol. The SMILES string of the molecule is Cc1ccc(OCC(=O)NNC(=S)NC(=O)c2ccc(-c3ccc(Cl)cc3)o2)cc1. The number of hydrazine groups is 1. The maximum atomic E-state index is 12.2. The minimum atomic E-state index is -0.558. The van der Waals surface area contributed by atoms with Crippen molar-refractivity contribution in [1.29, 1.82) is 0 Å². The Morgan fingerprint density at radius 3 is 2.40 bits per heavy atom. The number of hydrogen-bond donors (Lipinski definition) is 3. The number of amides is 2. The first-order valence-corrected chi connectivity index (χ1v) is 9.65. The van der Waals surface area contributed by atoms with Gasteiger partial charge in [0, 0.05) is 10.6 Å². The molecule has 7 nitrogen and oxygen atoms in total. The van der Waals surface area contributed by atoms with Gasteiger partial charge in [0.1, 0.15) is 11.5 Å². The summed E-state index contributed by atoms with van der Waals surface area (Å²) in [6.07, 6.45) is 0. The third-order valence-corrected chi connectivity index (χ3v) is 4.35. The molecule has 0 bridgehead atoms. The van der Waals surface area contributed by atoms with Crippen molar-refractivity contribution in [2.24, 2.45) is 0 Å². The maximum Gasteiger partial charge on any atom is 0.293 e. The van der Waals surface area contributed by atoms with E-state index in [4.69, 9.17) is 33.0 Å². The minimum Gasteiger partial charge on any atom is -0.484 e. The zero-order chi connectivity index (χ0) is 21.5. The third-order valence-electron chi connectivity index (χ3n) is 3.89. The standard InChI is InChI=1S/C21H18ClN3O4S/c1-13-2-8-16(9-3-13)28-12-19(26)24-25-21(30)23-20(27)18-11-10-17(29-18)14-4-6-15(22)7-5-14/h2-11H,12H2,1H3,(H,24,26)(H2,23,25,27,30). The highest BCUT2D eigenvalue weighted by molar-refractivity contribution is 7.80. The summed E-state index contributed by atoms with van der Waals surface area (Å²) < 4.78 is 10.9. The van der Waals surface area contributed by atoms with Gasteiger partial charge in [0.25, 0.3) is 11.8 Å². The number of hydrogen-bond acceptors (Lipinski definition) is 5. The molecule has 2 amide bonds. The van der Waals surface area contributed by atoms with Crippen molar-refractivity contribution in [3.05, 3.63) is 77.0 Å². The summed E-state index contributed by atoms with van der Waals surface area (Å²) in [5.74, 6) is 0.129. The van der Waals surface area contributed by atoms with Crippen LogP contribution in [0.15, 0.2) is 65.1 Å². The fourth-order valence-corrected chi connectivity index (χ4v) is 2.64. The Morgan fingerprint density at radius 2 is 1.70 bits per heavy atom. The van der Waals surface area contributed by atoms with Crippen molar-refractivity contribution < 1.29 is 18.7 Å². The molecule has 0 fully saturated rings. The molecule has 9 heteroatoms. The second-order valence-electron chi connectivity index (χ2n) is 6.23. The fourth-order valence-electron chi connectivity index (χ4n) is 2.37. The Balaban J connectivity index is 1.44. The molecule has 3 rings (SSSR count). The number of carbonyl (C=O) groups excluding carboxylic acids is 2. The lowest BCUT2D eigenvalue weighted by molar-refractivity contribution is -0.123. The lowest BCUT2D eigenvalue weighted by Crippen LogP contribution is -2.49. The Kier molecular flexibility index (Phi) is 7.05. The zero-order valence-corrected chi connectivity index (χ0v) is 17.5. The molecule has 0 saturated carbocycles. The topological polar surface area (TPSA) is 92.6 Å². The van der Waals surface area contributed by atoms with E-state index in [1.807, 2.05) is 19.1 Å². The van der Waals surface area contributed by atoms with E-state index >= 15 is 0 Å². The lowest BCUT2D eigenvalue weighted by atomic mass is 10.2. The quantitative estimate of drug-likeness (QED) is 0.412. The van der Waals surface area contributed by atoms with Gasteiger partial charge in [0.2, 0.25) is 0 Å². The molecule has 1 heterocycles. The van der Waals surface area contributed by atoms with Gasteiger partial charge >= 0.3 is 0 Å². The number of thiocarbonyl (C=S) groups is 1. The number of nitrogens with one attached hydrogen (secondary N) is 3. The second-order valence-corrected chi connectivity index (χ2v) is 7.07. The highest BCUT2D eigenvalue weighted by atomic mass is 35.5. The van der Waals surface area contributed by atoms with E-state index in [0.717, 1.165) is 11.1 Å². The fraction of sp³-hybridized carbons (Fsp3) is 0.0952. The summed E-state index contributed by atoms with van der Waals surface area (Å²) in [6, 6.07) is 17.5. The van der Waals surface area contributed by atoms with Crippen LogP contribution in [0.3, 0.4) is 0 Å². The molecule has 0 unspecified atom stereocenters. The van der Waals surface area contributed by atoms with Gasteiger partial charge in [-0.3, -0.25) is 25.8 Å². The van der Waals surface area contributed by atoms with Gasteiger partial charge < -0.3 is 9.15 Å². The van der Waals surface area contributed by atoms with Crippen LogP contribution in [0.25, 0.3) is 11.3 Å². The van der Waals surface area contributed by atoms with Crippen LogP contribution >= 0.6 is 23.8 Å². The number of aryl methyl sites for hydroxylation is 1. The summed E-state index contributed by atoms with van der Waals surface area (Å²) >= 11 is 10.9. The number of benzene rings is 2. The molecule has 0 aliphatic carbocycles. The number of halogens is 1. The Bertz CT molecular complexity index is 1050. The van der Waals surface area contributed by atoms with Crippen LogP contribution in [-0.4, -0.2) is 23.5 Å². The molecule has 1 aromatic heterocycles. The Morgan fingerprint density at radius 1 is 1.00 bits per heavy atom. The van der Waals surface area contributed by atoms with E-state index in [2.05, 4.69) is 16.2 Å². The Labute approximate surface area is 183 Å². The first-order valence-electron chi connectivity index (χ1n) is 8.86. The van der Waals surface area contributed by atoms with Gasteiger partial charge in [-0.15, -0.1) is 0 Å². The van der Waals surface area contributed by atoms with E-state index in [0.29, 0.717) is 16.5 Å². The molecule has 0 aliphatic heterocycles. The van der Waals surface area contributed by atoms with Crippen LogP contribution in [0.4, 0.5) is 0 Å². The van der Waals surface area contributed by atoms with Gasteiger partial charge in [-0.1, -0.05) is 29.3 Å². The molecular formula is C21H18ClN3O4S. The molecule has 2 aromatic carbocycles. The van der Waals surface area contributed by atoms with E-state index in [-0.39, 0.29) is 17.5 Å². The van der Waals surface area contributed by atoms with E-state index in [9.17, 15) is 9.59 Å². The van der Waals surface area contributed by atoms with Crippen LogP contribution in [0, 0.1) is 6.92 Å². The van der Waals surface area contributed by atoms with Crippen molar-refractivity contribution in [1.82, 2.24) is 16.2 Å². The third kappa shape index (κ3) is 6.07. The molecule has 0 aliphatic rings. The van der Waals surface area contributed by atoms with Crippen molar-refractivity contribution >= 4 is 40.7 Å². The average Bonchev–Trinajstić information content (AvgIpc) is 3.23. The molecule has 0 saturated heterocycles. The summed E-state index contributed by atoms with van der Waals surface area (Å²) in [6.45, 7) is 1.74. The molecule has 0 radical (unpaired) electrons. The van der Waals surface area contributed by atoms with Gasteiger partial charge in [0.05, 0.1) is 0 Å². The number of carbonyl (C=O) groups is 2. The van der Waals surface area contributed by atoms with Crippen molar-refractivity contribution in [2.45, 2.75) is 6.92 Å². The minimum absolute atomic E-state index is 0.0677. The van der Waals surface area contributed by atoms with Crippen LogP contribution in [0.2, 0.25) is 5.02 Å². The van der Waals surface area contributed by atoms with Crippen molar-refractivity contribution in [2.75, 3.05) is 6.61 Å². The van der Waals surface area contributed by atoms with E-state index in [1.165, 1.54) is 6.07 Å². The van der Waals surface area contributed by atoms with Crippen molar-refractivity contribution in [3.63, 3.8) is 0 Å². The summed E-state index contributed by atoms with van der Waals surface area (Å²) in [7, 11) is 0. The molecule has 154 valence electrons. The molecule has 3 N–H and O–H groups in total. The first kappa shape index (κ1) is 21.4. The average molecular weight is 444 g/mol. The van der Waals surface area contributed by atoms with Crippen LogP contribution < -0.4 is 20.9 Å². The highest BCUT2D eigenvalue weighted by Gasteiger charge is 2.14. The lowest BCUT2D eigenvalue weighted by Gasteiger charge is -2.11. The summed E-state index contributed by atoms with van der Waals surface area (Å²) in [5, 5.41) is 2.93. The first-order chi connectivity index (χ1) is 14.4. The van der Waals surface area contributed by atoms with Crippen LogP contribution in [0.1, 0.15) is 16.1 Å².